The van der Waals surface area contributed by atoms with Crippen LogP contribution in [0.3, 0.4) is 0 Å². The van der Waals surface area contributed by atoms with E-state index in [0.717, 1.165) is 4.88 Å². The smallest absolute Gasteiger partial charge is 0.326 e. The van der Waals surface area contributed by atoms with Crippen molar-refractivity contribution in [3.05, 3.63) is 27.1 Å². The van der Waals surface area contributed by atoms with Crippen LogP contribution in [0.15, 0.2) is 10.9 Å². The molecule has 0 saturated heterocycles. The van der Waals surface area contributed by atoms with Crippen molar-refractivity contribution >= 4 is 27.5 Å². The molecule has 6 heteroatoms. The van der Waals surface area contributed by atoms with E-state index >= 15 is 0 Å². The van der Waals surface area contributed by atoms with Crippen molar-refractivity contribution in [2.24, 2.45) is 0 Å². The molecular formula is C12H14N2O3S. The summed E-state index contributed by atoms with van der Waals surface area (Å²) in [6.45, 7) is 5.31. The van der Waals surface area contributed by atoms with E-state index in [9.17, 15) is 9.59 Å². The van der Waals surface area contributed by atoms with Gasteiger partial charge in [0, 0.05) is 4.88 Å². The van der Waals surface area contributed by atoms with Crippen LogP contribution in [0.1, 0.15) is 30.1 Å². The minimum Gasteiger partial charge on any atom is -0.480 e. The minimum absolute atomic E-state index is 0.267. The number of rotatable bonds is 3. The molecule has 2 aromatic heterocycles. The van der Waals surface area contributed by atoms with Gasteiger partial charge in [-0.2, -0.15) is 0 Å². The number of aryl methyl sites for hydroxylation is 2. The Kier molecular flexibility index (Phi) is 3.21. The summed E-state index contributed by atoms with van der Waals surface area (Å²) < 4.78 is 1.27. The van der Waals surface area contributed by atoms with Crippen molar-refractivity contribution in [1.82, 2.24) is 9.55 Å². The van der Waals surface area contributed by atoms with E-state index < -0.39 is 12.0 Å². The van der Waals surface area contributed by atoms with Gasteiger partial charge in [-0.15, -0.1) is 11.3 Å². The van der Waals surface area contributed by atoms with Gasteiger partial charge >= 0.3 is 5.97 Å². The summed E-state index contributed by atoms with van der Waals surface area (Å²) in [5.41, 5.74) is -0.267. The Balaban J connectivity index is 2.78. The number of nitrogens with zero attached hydrogens (tertiary/aromatic N) is 2. The molecule has 1 N–H and O–H groups in total. The molecule has 0 amide bonds. The van der Waals surface area contributed by atoms with Gasteiger partial charge in [-0.05, 0) is 26.3 Å². The number of carboxylic acids is 1. The fourth-order valence-electron chi connectivity index (χ4n) is 2.05. The van der Waals surface area contributed by atoms with E-state index in [4.69, 9.17) is 5.11 Å². The summed E-state index contributed by atoms with van der Waals surface area (Å²) in [6, 6.07) is 0.912. The van der Waals surface area contributed by atoms with Crippen molar-refractivity contribution in [2.45, 2.75) is 33.2 Å². The highest BCUT2D eigenvalue weighted by molar-refractivity contribution is 7.18. The second-order valence-corrected chi connectivity index (χ2v) is 5.41. The molecule has 0 bridgehead atoms. The maximum atomic E-state index is 12.3. The number of hydrogen-bond acceptors (Lipinski definition) is 4. The molecule has 5 nitrogen and oxygen atoms in total. The largest absolute Gasteiger partial charge is 0.480 e. The van der Waals surface area contributed by atoms with Gasteiger partial charge in [0.1, 0.15) is 16.7 Å². The van der Waals surface area contributed by atoms with Crippen molar-refractivity contribution in [1.29, 1.82) is 0 Å². The minimum atomic E-state index is -1.00. The quantitative estimate of drug-likeness (QED) is 0.923. The number of carboxylic acid groups (broad SMARTS) is 1. The third kappa shape index (κ3) is 1.92. The molecule has 0 spiro atoms. The number of carbonyl (C=O) groups is 1. The number of aliphatic carboxylic acids is 1. The molecule has 1 unspecified atom stereocenters. The molecule has 96 valence electrons. The molecule has 2 heterocycles. The molecule has 0 fully saturated rings. The monoisotopic (exact) mass is 266 g/mol. The average molecular weight is 266 g/mol. The summed E-state index contributed by atoms with van der Waals surface area (Å²) >= 11 is 1.45. The first-order chi connectivity index (χ1) is 8.45. The summed E-state index contributed by atoms with van der Waals surface area (Å²) in [4.78, 5) is 29.5. The van der Waals surface area contributed by atoms with Gasteiger partial charge in [0.15, 0.2) is 0 Å². The molecule has 2 rings (SSSR count). The topological polar surface area (TPSA) is 72.2 Å². The zero-order valence-corrected chi connectivity index (χ0v) is 11.2. The molecule has 2 aromatic rings. The third-order valence-corrected chi connectivity index (χ3v) is 3.82. The first-order valence-corrected chi connectivity index (χ1v) is 6.49. The molecule has 1 atom stereocenters. The van der Waals surface area contributed by atoms with Gasteiger partial charge in [-0.3, -0.25) is 9.36 Å². The molecule has 0 radical (unpaired) electrons. The fourth-order valence-corrected chi connectivity index (χ4v) is 2.97. The Labute approximate surface area is 108 Å². The van der Waals surface area contributed by atoms with Crippen LogP contribution in [-0.2, 0) is 4.79 Å². The van der Waals surface area contributed by atoms with Crippen molar-refractivity contribution in [3.8, 4) is 0 Å². The predicted octanol–water partition coefficient (Wildman–Crippen LogP) is 2.11. The maximum absolute atomic E-state index is 12.3. The SMILES string of the molecule is CCC(C(=O)O)n1c(C)nc2sc(C)cc2c1=O. The first-order valence-electron chi connectivity index (χ1n) is 5.67. The zero-order chi connectivity index (χ0) is 13.4. The Morgan fingerprint density at radius 3 is 2.78 bits per heavy atom. The lowest BCUT2D eigenvalue weighted by molar-refractivity contribution is -0.141. The van der Waals surface area contributed by atoms with E-state index in [0.29, 0.717) is 22.5 Å². The molecule has 0 aromatic carbocycles. The second kappa shape index (κ2) is 4.53. The lowest BCUT2D eigenvalue weighted by Crippen LogP contribution is -2.31. The first kappa shape index (κ1) is 12.8. The van der Waals surface area contributed by atoms with Crippen LogP contribution in [0.25, 0.3) is 10.2 Å². The van der Waals surface area contributed by atoms with E-state index in [-0.39, 0.29) is 5.56 Å². The molecule has 0 aliphatic carbocycles. The van der Waals surface area contributed by atoms with Crippen LogP contribution in [-0.4, -0.2) is 20.6 Å². The van der Waals surface area contributed by atoms with Gasteiger partial charge in [0.25, 0.3) is 5.56 Å². The van der Waals surface area contributed by atoms with Gasteiger partial charge in [-0.1, -0.05) is 6.92 Å². The normalized spacial score (nSPS) is 12.8. The van der Waals surface area contributed by atoms with Gasteiger partial charge in [0.05, 0.1) is 5.39 Å². The highest BCUT2D eigenvalue weighted by Crippen LogP contribution is 2.22. The average Bonchev–Trinajstić information content (AvgIpc) is 2.64. The van der Waals surface area contributed by atoms with Crippen molar-refractivity contribution < 1.29 is 9.90 Å². The van der Waals surface area contributed by atoms with E-state index in [2.05, 4.69) is 4.98 Å². The molecule has 0 aliphatic rings. The van der Waals surface area contributed by atoms with Crippen LogP contribution in [0.4, 0.5) is 0 Å². The Morgan fingerprint density at radius 2 is 2.22 bits per heavy atom. The third-order valence-electron chi connectivity index (χ3n) is 2.88. The van der Waals surface area contributed by atoms with Crippen molar-refractivity contribution in [3.63, 3.8) is 0 Å². The standard InChI is InChI=1S/C12H14N2O3S/c1-4-9(12(16)17)14-7(3)13-10-8(11(14)15)5-6(2)18-10/h5,9H,4H2,1-3H3,(H,16,17). The van der Waals surface area contributed by atoms with Crippen molar-refractivity contribution in [2.75, 3.05) is 0 Å². The van der Waals surface area contributed by atoms with Crippen LogP contribution in [0, 0.1) is 13.8 Å². The summed E-state index contributed by atoms with van der Waals surface area (Å²) in [5.74, 6) is -0.556. The molecule has 0 saturated carbocycles. The number of hydrogen-bond donors (Lipinski definition) is 1. The summed E-state index contributed by atoms with van der Waals surface area (Å²) in [7, 11) is 0. The Morgan fingerprint density at radius 1 is 1.56 bits per heavy atom. The van der Waals surface area contributed by atoms with Gasteiger partial charge in [0.2, 0.25) is 0 Å². The molecular weight excluding hydrogens is 252 g/mol. The Hall–Kier alpha value is -1.69. The highest BCUT2D eigenvalue weighted by atomic mass is 32.1. The van der Waals surface area contributed by atoms with E-state index in [1.54, 1.807) is 19.9 Å². The second-order valence-electron chi connectivity index (χ2n) is 4.17. The summed E-state index contributed by atoms with van der Waals surface area (Å²) in [6.07, 6.45) is 0.354. The van der Waals surface area contributed by atoms with Gasteiger partial charge in [-0.25, -0.2) is 9.78 Å². The fraction of sp³-hybridized carbons (Fsp3) is 0.417. The van der Waals surface area contributed by atoms with Crippen LogP contribution in [0.5, 0.6) is 0 Å². The van der Waals surface area contributed by atoms with Crippen LogP contribution in [0.2, 0.25) is 0 Å². The van der Waals surface area contributed by atoms with E-state index in [1.807, 2.05) is 6.92 Å². The number of aromatic nitrogens is 2. The zero-order valence-electron chi connectivity index (χ0n) is 10.4. The maximum Gasteiger partial charge on any atom is 0.326 e. The van der Waals surface area contributed by atoms with E-state index in [1.165, 1.54) is 15.9 Å². The highest BCUT2D eigenvalue weighted by Gasteiger charge is 2.22. The molecule has 0 aliphatic heterocycles. The Bertz CT molecular complexity index is 672. The number of fused-ring (bicyclic) bond motifs is 1. The summed E-state index contributed by atoms with van der Waals surface area (Å²) in [5, 5.41) is 9.67. The van der Waals surface area contributed by atoms with Crippen LogP contribution < -0.4 is 5.56 Å². The lowest BCUT2D eigenvalue weighted by Gasteiger charge is -2.15. The molecule has 18 heavy (non-hydrogen) atoms. The van der Waals surface area contributed by atoms with Crippen LogP contribution >= 0.6 is 11.3 Å². The lowest BCUT2D eigenvalue weighted by atomic mass is 10.2. The van der Waals surface area contributed by atoms with Gasteiger partial charge < -0.3 is 5.11 Å². The predicted molar refractivity (Wildman–Crippen MR) is 70.3 cm³/mol. The number of thiophene rings is 1.